The minimum Gasteiger partial charge on any atom is -0.507 e. The smallest absolute Gasteiger partial charge is 0.245 e. The molecule has 0 radical (unpaired) electrons. The van der Waals surface area contributed by atoms with Crippen molar-refractivity contribution in [2.45, 2.75) is 11.5 Å². The zero-order valence-electron chi connectivity index (χ0n) is 18.8. The number of hydrogen-bond donors (Lipinski definition) is 2. The highest BCUT2D eigenvalue weighted by Crippen LogP contribution is 2.53. The Kier molecular flexibility index (Phi) is 4.97. The van der Waals surface area contributed by atoms with Gasteiger partial charge in [0.1, 0.15) is 11.2 Å². The summed E-state index contributed by atoms with van der Waals surface area (Å²) >= 11 is 0. The monoisotopic (exact) mass is 465 g/mol. The van der Waals surface area contributed by atoms with Crippen molar-refractivity contribution in [3.05, 3.63) is 119 Å². The van der Waals surface area contributed by atoms with Crippen molar-refractivity contribution in [3.63, 3.8) is 0 Å². The Morgan fingerprint density at radius 1 is 0.800 bits per heavy atom. The highest BCUT2D eigenvalue weighted by molar-refractivity contribution is 6.12. The van der Waals surface area contributed by atoms with Crippen LogP contribution in [0.25, 0.3) is 0 Å². The molecule has 0 fully saturated rings. The first-order valence-corrected chi connectivity index (χ1v) is 11.4. The van der Waals surface area contributed by atoms with E-state index < -0.39 is 18.1 Å². The number of nitrogens with zero attached hydrogens (tertiary/aromatic N) is 1. The second kappa shape index (κ2) is 8.18. The molecule has 0 bridgehead atoms. The second-order valence-electron chi connectivity index (χ2n) is 8.70. The predicted molar refractivity (Wildman–Crippen MR) is 131 cm³/mol. The Labute approximate surface area is 202 Å². The zero-order chi connectivity index (χ0) is 24.0. The number of carbonyl (C=O) groups is 1. The lowest BCUT2D eigenvalue weighted by atomic mass is 9.75. The first-order valence-electron chi connectivity index (χ1n) is 11.4. The van der Waals surface area contributed by atoms with Gasteiger partial charge in [-0.15, -0.1) is 0 Å². The van der Waals surface area contributed by atoms with Gasteiger partial charge in [-0.3, -0.25) is 9.69 Å². The Morgan fingerprint density at radius 2 is 1.37 bits per heavy atom. The molecule has 2 N–H and O–H groups in total. The van der Waals surface area contributed by atoms with Gasteiger partial charge in [-0.1, -0.05) is 78.9 Å². The fraction of sp³-hybridized carbons (Fsp3) is 0.138. The zero-order valence-corrected chi connectivity index (χ0v) is 18.8. The van der Waals surface area contributed by atoms with E-state index in [4.69, 9.17) is 9.47 Å². The van der Waals surface area contributed by atoms with E-state index in [9.17, 15) is 15.0 Å². The highest BCUT2D eigenvalue weighted by Gasteiger charge is 2.55. The average Bonchev–Trinajstić information content (AvgIpc) is 3.45. The van der Waals surface area contributed by atoms with Gasteiger partial charge in [0.2, 0.25) is 12.7 Å². The fourth-order valence-corrected chi connectivity index (χ4v) is 5.26. The molecule has 174 valence electrons. The molecule has 1 unspecified atom stereocenters. The van der Waals surface area contributed by atoms with Crippen molar-refractivity contribution < 1.29 is 24.5 Å². The molecule has 6 heteroatoms. The molecule has 2 aliphatic heterocycles. The summed E-state index contributed by atoms with van der Waals surface area (Å²) in [5.74, 6) is 0.371. The minimum absolute atomic E-state index is 0.0328. The van der Waals surface area contributed by atoms with Crippen LogP contribution in [-0.4, -0.2) is 29.5 Å². The third-order valence-corrected chi connectivity index (χ3v) is 6.88. The number of anilines is 1. The lowest BCUT2D eigenvalue weighted by Gasteiger charge is -2.33. The molecule has 4 aromatic rings. The molecule has 6 rings (SSSR count). The number of phenols is 1. The van der Waals surface area contributed by atoms with Gasteiger partial charge in [0.25, 0.3) is 0 Å². The number of aliphatic hydroxyl groups excluding tert-OH is 1. The van der Waals surface area contributed by atoms with E-state index in [0.29, 0.717) is 22.7 Å². The van der Waals surface area contributed by atoms with Gasteiger partial charge in [0, 0.05) is 17.3 Å². The third kappa shape index (κ3) is 3.11. The average molecular weight is 466 g/mol. The van der Waals surface area contributed by atoms with Crippen LogP contribution < -0.4 is 14.4 Å². The summed E-state index contributed by atoms with van der Waals surface area (Å²) in [4.78, 5) is 16.3. The number of benzene rings is 4. The normalized spacial score (nSPS) is 18.2. The van der Waals surface area contributed by atoms with Gasteiger partial charge in [-0.25, -0.2) is 0 Å². The number of carbonyl (C=O) groups excluding carboxylic acids is 1. The number of ether oxygens (including phenoxy) is 2. The van der Waals surface area contributed by atoms with Gasteiger partial charge in [-0.2, -0.15) is 0 Å². The molecule has 1 amide bonds. The van der Waals surface area contributed by atoms with Gasteiger partial charge in [0.05, 0.1) is 12.6 Å². The van der Waals surface area contributed by atoms with Crippen LogP contribution in [0.4, 0.5) is 5.69 Å². The van der Waals surface area contributed by atoms with Crippen molar-refractivity contribution in [2.24, 2.45) is 0 Å². The summed E-state index contributed by atoms with van der Waals surface area (Å²) in [5, 5.41) is 21.9. The summed E-state index contributed by atoms with van der Waals surface area (Å²) in [7, 11) is 0. The highest BCUT2D eigenvalue weighted by atomic mass is 16.7. The van der Waals surface area contributed by atoms with Gasteiger partial charge < -0.3 is 19.7 Å². The van der Waals surface area contributed by atoms with Crippen LogP contribution in [0.2, 0.25) is 0 Å². The SMILES string of the molecule is O=C1N(C(c2ccccc2)c2ccccc2)c2ccccc2C1(CO)c1cc2c(cc1O)OCO2. The van der Waals surface area contributed by atoms with E-state index in [1.54, 1.807) is 11.0 Å². The number of amides is 1. The summed E-state index contributed by atoms with van der Waals surface area (Å²) in [5.41, 5.74) is 1.95. The van der Waals surface area contributed by atoms with E-state index in [2.05, 4.69) is 0 Å². The predicted octanol–water partition coefficient (Wildman–Crippen LogP) is 4.54. The van der Waals surface area contributed by atoms with Crippen molar-refractivity contribution in [2.75, 3.05) is 18.3 Å². The van der Waals surface area contributed by atoms with Crippen molar-refractivity contribution in [3.8, 4) is 17.2 Å². The van der Waals surface area contributed by atoms with Gasteiger partial charge in [-0.05, 0) is 28.8 Å². The van der Waals surface area contributed by atoms with Crippen molar-refractivity contribution in [1.82, 2.24) is 0 Å². The summed E-state index contributed by atoms with van der Waals surface area (Å²) in [6.07, 6.45) is 0. The molecule has 6 nitrogen and oxygen atoms in total. The standard InChI is InChI=1S/C29H23NO5/c31-17-29(22-15-25-26(16-24(22)32)35-18-34-25)21-13-7-8-14-23(21)30(28(29)33)27(19-9-3-1-4-10-19)20-11-5-2-6-12-20/h1-16,27,31-32H,17-18H2. The molecule has 0 aliphatic carbocycles. The summed E-state index contributed by atoms with van der Waals surface area (Å²) in [6, 6.07) is 29.7. The van der Waals surface area contributed by atoms with Crippen LogP contribution in [0.5, 0.6) is 17.2 Å². The number of aliphatic hydroxyl groups is 1. The second-order valence-corrected chi connectivity index (χ2v) is 8.70. The maximum atomic E-state index is 14.5. The number of aromatic hydroxyl groups is 1. The van der Waals surface area contributed by atoms with Gasteiger partial charge in [0.15, 0.2) is 11.5 Å². The van der Waals surface area contributed by atoms with Crippen molar-refractivity contribution >= 4 is 11.6 Å². The Morgan fingerprint density at radius 3 is 2.00 bits per heavy atom. The van der Waals surface area contributed by atoms with Crippen LogP contribution in [0, 0.1) is 0 Å². The van der Waals surface area contributed by atoms with Gasteiger partial charge >= 0.3 is 0 Å². The Hall–Kier alpha value is -4.29. The molecule has 2 aliphatic rings. The van der Waals surface area contributed by atoms with Crippen LogP contribution in [0.1, 0.15) is 28.3 Å². The van der Waals surface area contributed by atoms with Crippen LogP contribution in [0.3, 0.4) is 0 Å². The molecule has 1 atom stereocenters. The van der Waals surface area contributed by atoms with E-state index in [-0.39, 0.29) is 24.0 Å². The fourth-order valence-electron chi connectivity index (χ4n) is 5.26. The molecule has 2 heterocycles. The van der Waals surface area contributed by atoms with E-state index >= 15 is 0 Å². The van der Waals surface area contributed by atoms with E-state index in [0.717, 1.165) is 11.1 Å². The largest absolute Gasteiger partial charge is 0.507 e. The molecule has 0 saturated heterocycles. The maximum absolute atomic E-state index is 14.5. The number of fused-ring (bicyclic) bond motifs is 2. The lowest BCUT2D eigenvalue weighted by Crippen LogP contribution is -2.45. The molecule has 35 heavy (non-hydrogen) atoms. The third-order valence-electron chi connectivity index (χ3n) is 6.88. The number of hydrogen-bond acceptors (Lipinski definition) is 5. The van der Waals surface area contributed by atoms with Crippen LogP contribution in [-0.2, 0) is 10.2 Å². The van der Waals surface area contributed by atoms with E-state index in [1.807, 2.05) is 84.9 Å². The number of para-hydroxylation sites is 1. The van der Waals surface area contributed by atoms with Crippen molar-refractivity contribution in [1.29, 1.82) is 0 Å². The van der Waals surface area contributed by atoms with Crippen LogP contribution >= 0.6 is 0 Å². The van der Waals surface area contributed by atoms with E-state index in [1.165, 1.54) is 6.07 Å². The lowest BCUT2D eigenvalue weighted by molar-refractivity contribution is -0.123. The quantitative estimate of drug-likeness (QED) is 0.453. The number of rotatable bonds is 5. The molecule has 0 aromatic heterocycles. The minimum atomic E-state index is -1.51. The molecule has 0 saturated carbocycles. The maximum Gasteiger partial charge on any atom is 0.245 e. The topological polar surface area (TPSA) is 79.2 Å². The summed E-state index contributed by atoms with van der Waals surface area (Å²) in [6.45, 7) is -0.492. The molecular weight excluding hydrogens is 442 g/mol. The Balaban J connectivity index is 1.60. The first kappa shape index (κ1) is 21.3. The van der Waals surface area contributed by atoms with Crippen LogP contribution in [0.15, 0.2) is 97.1 Å². The molecule has 0 spiro atoms. The molecule has 4 aromatic carbocycles. The number of phenolic OH excluding ortho intramolecular Hbond substituents is 1. The first-order chi connectivity index (χ1) is 17.1. The summed E-state index contributed by atoms with van der Waals surface area (Å²) < 4.78 is 10.9. The molecular formula is C29H23NO5. The Bertz CT molecular complexity index is 1370.